The number of carbonyl (C=O) groups is 11. The molecule has 32 nitrogen and oxygen atoms in total. The van der Waals surface area contributed by atoms with Crippen LogP contribution in [-0.2, 0) is 59.1 Å². The molecule has 7 aromatic rings. The average Bonchev–Trinajstić information content (AvgIpc) is 1.57. The largest absolute Gasteiger partial charge is 0.492 e. The van der Waals surface area contributed by atoms with Crippen LogP contribution < -0.4 is 52.0 Å². The van der Waals surface area contributed by atoms with Crippen molar-refractivity contribution >= 4 is 137 Å². The number of amides is 12. The van der Waals surface area contributed by atoms with Crippen LogP contribution >= 0.6 is 22.9 Å². The zero-order chi connectivity index (χ0) is 79.8. The summed E-state index contributed by atoms with van der Waals surface area (Å²) in [5.74, 6) is -2.93. The number of nitrogens with two attached hydrogens (primary N) is 1. The van der Waals surface area contributed by atoms with E-state index in [0.29, 0.717) is 69.4 Å². The summed E-state index contributed by atoms with van der Waals surface area (Å²) in [6, 6.07) is 19.9. The number of nitrogens with zero attached hydrogens (tertiary/aromatic N) is 5. The smallest absolute Gasteiger partial charge is 0.415 e. The fourth-order valence-corrected chi connectivity index (χ4v) is 14.2. The van der Waals surface area contributed by atoms with Crippen LogP contribution in [0.4, 0.5) is 31.4 Å². The Morgan fingerprint density at radius 1 is 0.679 bits per heavy atom. The van der Waals surface area contributed by atoms with Gasteiger partial charge in [-0.1, -0.05) is 26.0 Å². The highest BCUT2D eigenvalue weighted by molar-refractivity contribution is 7.17. The number of likely N-dealkylation sites (tertiary alicyclic amines) is 1. The molecule has 4 aromatic carbocycles. The van der Waals surface area contributed by atoms with Crippen molar-refractivity contribution in [3.05, 3.63) is 124 Å². The number of ether oxygens (including phenoxy) is 7. The molecule has 0 saturated carbocycles. The molecule has 3 aromatic heterocycles. The van der Waals surface area contributed by atoms with E-state index in [-0.39, 0.29) is 152 Å². The molecule has 0 bridgehead atoms. The number of aromatic nitrogens is 2. The predicted molar refractivity (Wildman–Crippen MR) is 421 cm³/mol. The van der Waals surface area contributed by atoms with Crippen LogP contribution in [0.2, 0.25) is 0 Å². The minimum Gasteiger partial charge on any atom is -0.492 e. The van der Waals surface area contributed by atoms with Gasteiger partial charge in [0.2, 0.25) is 23.6 Å². The number of primary amides is 1. The summed E-state index contributed by atoms with van der Waals surface area (Å²) in [7, 11) is 3.06. The summed E-state index contributed by atoms with van der Waals surface area (Å²) in [6.45, 7) is 11.6. The molecule has 34 heteroatoms. The monoisotopic (exact) mass is 1580 g/mol. The Bertz CT molecular complexity index is 4520. The number of nitrogens with one attached hydrogen (secondary N) is 8. The predicted octanol–water partition coefficient (Wildman–Crippen LogP) is 7.48. The maximum Gasteiger partial charge on any atom is 0.415 e. The minimum absolute atomic E-state index is 0.00396. The Kier molecular flexibility index (Phi) is 30.7. The van der Waals surface area contributed by atoms with Crippen molar-refractivity contribution in [2.24, 2.45) is 11.7 Å². The van der Waals surface area contributed by atoms with Gasteiger partial charge in [-0.2, -0.15) is 0 Å². The molecule has 10 rings (SSSR count). The molecule has 6 heterocycles. The first-order valence-corrected chi connectivity index (χ1v) is 38.7. The number of thiophene rings is 1. The third-order valence-corrected chi connectivity index (χ3v) is 20.5. The van der Waals surface area contributed by atoms with Crippen LogP contribution in [0.3, 0.4) is 0 Å². The second-order valence-corrected chi connectivity index (χ2v) is 28.9. The molecule has 0 aliphatic carbocycles. The number of carbonyl (C=O) groups excluding carboxylic acids is 11. The fourth-order valence-electron chi connectivity index (χ4n) is 12.9. The van der Waals surface area contributed by atoms with E-state index in [1.165, 1.54) is 60.2 Å². The number of rotatable bonds is 42. The molecule has 1 fully saturated rings. The quantitative estimate of drug-likeness (QED) is 0.0102. The number of imide groups is 1. The molecule has 3 atom stereocenters. The fraction of sp³-hybridized carbons (Fsp3) is 0.449. The SMILES string of the molecule is Cc1csc2c(OC(=O)N(C)CCN(C)C(=O)OCc3ccc(NC(=O)[C@H](CCCNC(N)=O)NC(=O)[C@@H](NC(=O)CCOCCOCCOCCOCCNC(=O)CCN4C(=O)C=CC4=O)C(C)C)cc3)cc3c(c12)[C@H](CCl)CN3C(=O)c1cc2cc(NC(=O)c3cc4cc(OCCN5CCCC5)ccc4[nH]3)ccc2[nH]1. The number of anilines is 3. The Morgan fingerprint density at radius 3 is 2.01 bits per heavy atom. The van der Waals surface area contributed by atoms with Gasteiger partial charge in [0.15, 0.2) is 5.75 Å². The number of fused-ring (bicyclic) bond motifs is 5. The third kappa shape index (κ3) is 23.5. The second-order valence-electron chi connectivity index (χ2n) is 27.7. The number of hydrogen-bond donors (Lipinski definition) is 9. The summed E-state index contributed by atoms with van der Waals surface area (Å²) < 4.78 is 40.5. The van der Waals surface area contributed by atoms with Gasteiger partial charge < -0.3 is 95.5 Å². The number of aromatic amines is 2. The maximum absolute atomic E-state index is 14.7. The van der Waals surface area contributed by atoms with Gasteiger partial charge in [-0.15, -0.1) is 22.9 Å². The van der Waals surface area contributed by atoms with Crippen molar-refractivity contribution < 1.29 is 85.9 Å². The standard InChI is InChI=1S/C78H97ClN14O18S/c1-48(2)70(88-65(95)21-30-105-33-35-107-37-38-108-36-34-106-31-23-81-64(94)20-26-92-66(96)18-19-67(92)97)74(100)87-59(9-8-22-82-76(80)102)72(98)83-54-12-10-50(11-13-54)46-110-77(103)89(4)27-28-90(5)78(104)111-63-43-62-69(68-49(3)47-112-71(63)68)53(44-79)45-93(62)75(101)61-42-51-39-55(14-16-57(51)86-61)84-73(99)60-41-52-40-56(15-17-58(52)85-60)109-32-29-91-24-6-7-25-91/h10-19,39-43,47-48,53,59,70,85-86H,6-9,20-38,44-46H2,1-5H3,(H,81,94)(H,83,98)(H,84,99)(H,87,100)(H,88,95)(H3,80,82,102)/t53-,59+,70+/m1/s1. The first kappa shape index (κ1) is 83.8. The van der Waals surface area contributed by atoms with E-state index in [1.54, 1.807) is 79.4 Å². The molecule has 0 radical (unpaired) electrons. The lowest BCUT2D eigenvalue weighted by atomic mass is 9.97. The molecular formula is C78H97ClN14O18S. The maximum atomic E-state index is 14.7. The summed E-state index contributed by atoms with van der Waals surface area (Å²) in [4.78, 5) is 157. The number of hydrogen-bond acceptors (Lipinski definition) is 20. The summed E-state index contributed by atoms with van der Waals surface area (Å²) in [5, 5.41) is 20.8. The number of urea groups is 1. The van der Waals surface area contributed by atoms with Gasteiger partial charge in [0.05, 0.1) is 63.2 Å². The van der Waals surface area contributed by atoms with Gasteiger partial charge in [0.1, 0.15) is 42.4 Å². The zero-order valence-electron chi connectivity index (χ0n) is 63.4. The van der Waals surface area contributed by atoms with Crippen molar-refractivity contribution in [3.8, 4) is 11.5 Å². The van der Waals surface area contributed by atoms with Crippen molar-refractivity contribution in [1.82, 2.24) is 50.8 Å². The lowest BCUT2D eigenvalue weighted by molar-refractivity contribution is -0.137. The van der Waals surface area contributed by atoms with E-state index in [9.17, 15) is 52.7 Å². The van der Waals surface area contributed by atoms with E-state index in [2.05, 4.69) is 46.8 Å². The molecule has 1 saturated heterocycles. The van der Waals surface area contributed by atoms with E-state index in [4.69, 9.17) is 50.5 Å². The van der Waals surface area contributed by atoms with Gasteiger partial charge in [-0.3, -0.25) is 48.2 Å². The number of halogens is 1. The van der Waals surface area contributed by atoms with E-state index in [0.717, 1.165) is 57.7 Å². The van der Waals surface area contributed by atoms with Gasteiger partial charge >= 0.3 is 18.2 Å². The highest BCUT2D eigenvalue weighted by Gasteiger charge is 2.38. The molecule has 3 aliphatic heterocycles. The van der Waals surface area contributed by atoms with Crippen LogP contribution in [0.15, 0.2) is 96.4 Å². The first-order valence-electron chi connectivity index (χ1n) is 37.3. The van der Waals surface area contributed by atoms with Crippen LogP contribution in [0.5, 0.6) is 11.5 Å². The highest BCUT2D eigenvalue weighted by Crippen LogP contribution is 2.49. The molecule has 600 valence electrons. The second kappa shape index (κ2) is 41.0. The van der Waals surface area contributed by atoms with Gasteiger partial charge in [-0.25, -0.2) is 14.4 Å². The molecule has 10 N–H and O–H groups in total. The zero-order valence-corrected chi connectivity index (χ0v) is 65.0. The van der Waals surface area contributed by atoms with Gasteiger partial charge in [-0.05, 0) is 134 Å². The lowest BCUT2D eigenvalue weighted by Crippen LogP contribution is -2.54. The van der Waals surface area contributed by atoms with Crippen LogP contribution in [0.1, 0.15) is 96.0 Å². The highest BCUT2D eigenvalue weighted by atomic mass is 35.5. The Balaban J connectivity index is 0.634. The number of H-pyrrole nitrogens is 2. The van der Waals surface area contributed by atoms with E-state index in [1.807, 2.05) is 30.5 Å². The molecule has 112 heavy (non-hydrogen) atoms. The van der Waals surface area contributed by atoms with E-state index >= 15 is 0 Å². The van der Waals surface area contributed by atoms with Crippen LogP contribution in [-0.4, -0.2) is 245 Å². The van der Waals surface area contributed by atoms with Crippen molar-refractivity contribution in [2.45, 2.75) is 83.9 Å². The van der Waals surface area contributed by atoms with Crippen molar-refractivity contribution in [3.63, 3.8) is 0 Å². The normalized spacial score (nSPS) is 14.5. The number of benzene rings is 4. The number of alkyl halides is 1. The van der Waals surface area contributed by atoms with Gasteiger partial charge in [0.25, 0.3) is 23.6 Å². The van der Waals surface area contributed by atoms with Crippen molar-refractivity contribution in [2.75, 3.05) is 154 Å². The van der Waals surface area contributed by atoms with Crippen molar-refractivity contribution in [1.29, 1.82) is 0 Å². The molecule has 12 amide bonds. The van der Waals surface area contributed by atoms with Gasteiger partial charge in [0, 0.05) is 141 Å². The summed E-state index contributed by atoms with van der Waals surface area (Å²) >= 11 is 8.07. The third-order valence-electron chi connectivity index (χ3n) is 19.0. The molecule has 0 unspecified atom stereocenters. The minimum atomic E-state index is -1.11. The Hall–Kier alpha value is -10.7. The Labute approximate surface area is 656 Å². The Morgan fingerprint density at radius 2 is 1.32 bits per heavy atom. The van der Waals surface area contributed by atoms with E-state index < -0.39 is 59.8 Å². The average molecular weight is 1590 g/mol. The summed E-state index contributed by atoms with van der Waals surface area (Å²) in [6.07, 6.45) is 3.65. The molecular weight excluding hydrogens is 1490 g/mol. The summed E-state index contributed by atoms with van der Waals surface area (Å²) in [5.41, 5.74) is 11.2. The van der Waals surface area contributed by atoms with Crippen LogP contribution in [0, 0.1) is 12.8 Å². The lowest BCUT2D eigenvalue weighted by Gasteiger charge is -2.25. The van der Waals surface area contributed by atoms with Crippen LogP contribution in [0.25, 0.3) is 31.9 Å². The topological polar surface area (TPSA) is 398 Å². The first-order chi connectivity index (χ1) is 54.0. The molecule has 3 aliphatic rings. The number of aryl methyl sites for hydroxylation is 1. The molecule has 0 spiro atoms. The number of likely N-dealkylation sites (N-methyl/N-ethyl adjacent to an activating group) is 2.